The van der Waals surface area contributed by atoms with Crippen LogP contribution in [0.5, 0.6) is 0 Å². The highest BCUT2D eigenvalue weighted by atomic mass is 16.5. The van der Waals surface area contributed by atoms with Crippen molar-refractivity contribution < 1.29 is 14.1 Å². The highest BCUT2D eigenvalue weighted by molar-refractivity contribution is 5.74. The molecule has 132 valence electrons. The molecule has 1 atom stereocenters. The minimum atomic E-state index is -0.242. The Bertz CT molecular complexity index is 564. The molecule has 2 saturated carbocycles. The molecule has 0 bridgehead atoms. The van der Waals surface area contributed by atoms with Gasteiger partial charge in [0.15, 0.2) is 5.82 Å². The normalized spacial score (nSPS) is 23.2. The van der Waals surface area contributed by atoms with Crippen LogP contribution >= 0.6 is 0 Å². The third-order valence-corrected chi connectivity index (χ3v) is 5.39. The van der Waals surface area contributed by atoms with Crippen LogP contribution in [0.4, 0.5) is 4.79 Å². The van der Waals surface area contributed by atoms with E-state index in [1.54, 1.807) is 6.92 Å². The molecule has 2 amide bonds. The lowest BCUT2D eigenvalue weighted by Gasteiger charge is -2.29. The molecule has 1 saturated heterocycles. The molecule has 0 spiro atoms. The number of ether oxygens (including phenoxy) is 1. The Kier molecular flexibility index (Phi) is 4.43. The first-order valence-corrected chi connectivity index (χ1v) is 9.15. The third-order valence-electron chi connectivity index (χ3n) is 5.39. The summed E-state index contributed by atoms with van der Waals surface area (Å²) in [6, 6.07) is -0.00920. The number of carbonyl (C=O) groups excluding carboxylic acids is 1. The van der Waals surface area contributed by atoms with Crippen LogP contribution in [0.15, 0.2) is 4.52 Å². The number of hydrogen-bond acceptors (Lipinski definition) is 5. The second kappa shape index (κ2) is 6.70. The van der Waals surface area contributed by atoms with Gasteiger partial charge in [-0.05, 0) is 63.2 Å². The molecular weight excluding hydrogens is 308 g/mol. The van der Waals surface area contributed by atoms with Crippen molar-refractivity contribution >= 4 is 6.03 Å². The number of urea groups is 1. The van der Waals surface area contributed by atoms with Gasteiger partial charge in [0.2, 0.25) is 5.89 Å². The maximum absolute atomic E-state index is 12.6. The number of carbonyl (C=O) groups is 1. The molecule has 4 rings (SSSR count). The van der Waals surface area contributed by atoms with Gasteiger partial charge in [-0.25, -0.2) is 4.79 Å². The molecular formula is C17H26N4O3. The van der Waals surface area contributed by atoms with Gasteiger partial charge in [-0.3, -0.25) is 0 Å². The molecule has 2 aliphatic carbocycles. The zero-order valence-corrected chi connectivity index (χ0v) is 14.2. The molecule has 1 aromatic rings. The van der Waals surface area contributed by atoms with E-state index in [1.807, 2.05) is 0 Å². The standard InChI is InChI=1S/C17H26N4O3/c1-10-18-16(24-21-10)15(13-6-8-23-9-7-13)20-17(22)19-14(11-2-3-11)12-4-5-12/h11-15H,2-9H2,1H3,(H2,19,20,22)/t15-/m1/s1. The SMILES string of the molecule is Cc1noc([C@H](NC(=O)NC(C2CC2)C2CC2)C2CCOCC2)n1. The van der Waals surface area contributed by atoms with Crippen LogP contribution in [0.3, 0.4) is 0 Å². The fourth-order valence-electron chi connectivity index (χ4n) is 3.74. The topological polar surface area (TPSA) is 89.3 Å². The molecule has 3 aliphatic rings. The first-order valence-electron chi connectivity index (χ1n) is 9.15. The maximum atomic E-state index is 12.6. The van der Waals surface area contributed by atoms with Crippen LogP contribution in [-0.2, 0) is 4.74 Å². The summed E-state index contributed by atoms with van der Waals surface area (Å²) in [5.41, 5.74) is 0. The average Bonchev–Trinajstić information content (AvgIpc) is 3.51. The number of rotatable bonds is 6. The van der Waals surface area contributed by atoms with Crippen molar-refractivity contribution in [1.29, 1.82) is 0 Å². The van der Waals surface area contributed by atoms with Gasteiger partial charge in [0.25, 0.3) is 0 Å². The van der Waals surface area contributed by atoms with Gasteiger partial charge in [-0.2, -0.15) is 4.98 Å². The smallest absolute Gasteiger partial charge is 0.315 e. The summed E-state index contributed by atoms with van der Waals surface area (Å²) in [6.07, 6.45) is 6.75. The molecule has 0 radical (unpaired) electrons. The van der Waals surface area contributed by atoms with E-state index in [4.69, 9.17) is 9.26 Å². The molecule has 1 aromatic heterocycles. The lowest BCUT2D eigenvalue weighted by atomic mass is 9.91. The molecule has 0 unspecified atom stereocenters. The minimum Gasteiger partial charge on any atom is -0.381 e. The zero-order valence-electron chi connectivity index (χ0n) is 14.2. The fraction of sp³-hybridized carbons (Fsp3) is 0.824. The van der Waals surface area contributed by atoms with Crippen LogP contribution in [0, 0.1) is 24.7 Å². The Balaban J connectivity index is 1.43. The molecule has 7 heteroatoms. The molecule has 1 aliphatic heterocycles. The van der Waals surface area contributed by atoms with E-state index in [0.717, 1.165) is 12.8 Å². The van der Waals surface area contributed by atoms with Crippen molar-refractivity contribution in [2.45, 2.75) is 57.5 Å². The van der Waals surface area contributed by atoms with Crippen molar-refractivity contribution in [3.8, 4) is 0 Å². The summed E-state index contributed by atoms with van der Waals surface area (Å²) < 4.78 is 10.8. The summed E-state index contributed by atoms with van der Waals surface area (Å²) >= 11 is 0. The third kappa shape index (κ3) is 3.71. The summed E-state index contributed by atoms with van der Waals surface area (Å²) in [5, 5.41) is 10.2. The summed E-state index contributed by atoms with van der Waals surface area (Å²) in [4.78, 5) is 17.0. The van der Waals surface area contributed by atoms with Crippen LogP contribution < -0.4 is 10.6 Å². The number of amides is 2. The van der Waals surface area contributed by atoms with E-state index in [1.165, 1.54) is 25.7 Å². The largest absolute Gasteiger partial charge is 0.381 e. The van der Waals surface area contributed by atoms with Gasteiger partial charge in [-0.15, -0.1) is 0 Å². The lowest BCUT2D eigenvalue weighted by Crippen LogP contribution is -2.47. The van der Waals surface area contributed by atoms with Gasteiger partial charge < -0.3 is 19.9 Å². The number of aryl methyl sites for hydroxylation is 1. The number of nitrogens with one attached hydrogen (secondary N) is 2. The Morgan fingerprint density at radius 1 is 1.04 bits per heavy atom. The van der Waals surface area contributed by atoms with Crippen molar-refractivity contribution in [3.05, 3.63) is 11.7 Å². The average molecular weight is 334 g/mol. The van der Waals surface area contributed by atoms with Crippen LogP contribution in [0.25, 0.3) is 0 Å². The van der Waals surface area contributed by atoms with Gasteiger partial charge in [0.1, 0.15) is 6.04 Å². The van der Waals surface area contributed by atoms with Gasteiger partial charge >= 0.3 is 6.03 Å². The number of hydrogen-bond donors (Lipinski definition) is 2. The van der Waals surface area contributed by atoms with Crippen LogP contribution in [0.1, 0.15) is 56.3 Å². The highest BCUT2D eigenvalue weighted by Gasteiger charge is 2.42. The highest BCUT2D eigenvalue weighted by Crippen LogP contribution is 2.44. The second-order valence-electron chi connectivity index (χ2n) is 7.43. The quantitative estimate of drug-likeness (QED) is 0.833. The fourth-order valence-corrected chi connectivity index (χ4v) is 3.74. The molecule has 3 fully saturated rings. The minimum absolute atomic E-state index is 0.105. The van der Waals surface area contributed by atoms with Gasteiger partial charge in [0.05, 0.1) is 0 Å². The predicted molar refractivity (Wildman–Crippen MR) is 86.2 cm³/mol. The molecule has 2 heterocycles. The molecule has 24 heavy (non-hydrogen) atoms. The Morgan fingerprint density at radius 2 is 1.71 bits per heavy atom. The van der Waals surface area contributed by atoms with Crippen molar-refractivity contribution in [3.63, 3.8) is 0 Å². The first kappa shape index (κ1) is 15.9. The van der Waals surface area contributed by atoms with Crippen molar-refractivity contribution in [1.82, 2.24) is 20.8 Å². The Labute approximate surface area is 141 Å². The van der Waals surface area contributed by atoms with Crippen molar-refractivity contribution in [2.75, 3.05) is 13.2 Å². The maximum Gasteiger partial charge on any atom is 0.315 e. The summed E-state index contributed by atoms with van der Waals surface area (Å²) in [5.74, 6) is 2.72. The van der Waals surface area contributed by atoms with E-state index in [0.29, 0.717) is 42.8 Å². The lowest BCUT2D eigenvalue weighted by molar-refractivity contribution is 0.0502. The first-order chi connectivity index (χ1) is 11.7. The predicted octanol–water partition coefficient (Wildman–Crippen LogP) is 2.33. The molecule has 7 nitrogen and oxygen atoms in total. The van der Waals surface area contributed by atoms with Crippen LogP contribution in [0.2, 0.25) is 0 Å². The molecule has 2 N–H and O–H groups in total. The summed E-state index contributed by atoms with van der Waals surface area (Å²) in [7, 11) is 0. The Hall–Kier alpha value is -1.63. The van der Waals surface area contributed by atoms with Crippen molar-refractivity contribution in [2.24, 2.45) is 17.8 Å². The summed E-state index contributed by atoms with van der Waals surface area (Å²) in [6.45, 7) is 3.22. The number of aromatic nitrogens is 2. The van der Waals surface area contributed by atoms with Gasteiger partial charge in [0, 0.05) is 19.3 Å². The molecule has 0 aromatic carbocycles. The van der Waals surface area contributed by atoms with E-state index < -0.39 is 0 Å². The van der Waals surface area contributed by atoms with Crippen LogP contribution in [-0.4, -0.2) is 35.4 Å². The van der Waals surface area contributed by atoms with E-state index >= 15 is 0 Å². The van der Waals surface area contributed by atoms with E-state index in [9.17, 15) is 4.79 Å². The van der Waals surface area contributed by atoms with E-state index in [2.05, 4.69) is 20.8 Å². The number of nitrogens with zero attached hydrogens (tertiary/aromatic N) is 2. The van der Waals surface area contributed by atoms with E-state index in [-0.39, 0.29) is 18.0 Å². The zero-order chi connectivity index (χ0) is 16.5. The second-order valence-corrected chi connectivity index (χ2v) is 7.43. The Morgan fingerprint density at radius 3 is 2.25 bits per heavy atom. The monoisotopic (exact) mass is 334 g/mol. The van der Waals surface area contributed by atoms with Gasteiger partial charge in [-0.1, -0.05) is 5.16 Å².